The van der Waals surface area contributed by atoms with Crippen LogP contribution >= 0.6 is 0 Å². The van der Waals surface area contributed by atoms with E-state index >= 15 is 0 Å². The van der Waals surface area contributed by atoms with E-state index in [0.29, 0.717) is 30.6 Å². The van der Waals surface area contributed by atoms with Gasteiger partial charge in [-0.1, -0.05) is 13.8 Å². The molecule has 17 nitrogen and oxygen atoms in total. The van der Waals surface area contributed by atoms with Crippen molar-refractivity contribution in [3.63, 3.8) is 0 Å². The van der Waals surface area contributed by atoms with Gasteiger partial charge in [-0.05, 0) is 93.5 Å². The molecule has 4 aliphatic heterocycles. The first-order chi connectivity index (χ1) is 28.0. The molecule has 0 aromatic carbocycles. The summed E-state index contributed by atoms with van der Waals surface area (Å²) in [6.45, 7) is 5.49. The number of aliphatic hydroxyl groups excluding tert-OH is 7. The minimum Gasteiger partial charge on any atom is -0.458 e. The van der Waals surface area contributed by atoms with Crippen LogP contribution in [-0.2, 0) is 47.5 Å². The highest BCUT2D eigenvalue weighted by Gasteiger charge is 2.68. The fraction of sp³-hybridized carbons (Fsp3) is 0.905. The molecule has 7 N–H and O–H groups in total. The van der Waals surface area contributed by atoms with Crippen LogP contribution in [-0.4, -0.2) is 167 Å². The summed E-state index contributed by atoms with van der Waals surface area (Å²) < 4.78 is 47.2. The Labute approximate surface area is 344 Å². The fourth-order valence-electron chi connectivity index (χ4n) is 12.7. The topological polar surface area (TPSA) is 250 Å². The van der Waals surface area contributed by atoms with Crippen molar-refractivity contribution in [3.8, 4) is 0 Å². The molecular formula is C42H64O17. The van der Waals surface area contributed by atoms with Gasteiger partial charge < -0.3 is 73.6 Å². The van der Waals surface area contributed by atoms with Gasteiger partial charge in [0.15, 0.2) is 18.9 Å². The number of carbonyl (C=O) groups is 2. The van der Waals surface area contributed by atoms with Crippen LogP contribution in [0.5, 0.6) is 0 Å². The summed E-state index contributed by atoms with van der Waals surface area (Å²) in [5.41, 5.74) is 0.201. The maximum atomic E-state index is 14.6. The lowest BCUT2D eigenvalue weighted by molar-refractivity contribution is -0.355. The number of hydrogen-bond donors (Lipinski definition) is 7. The maximum absolute atomic E-state index is 14.6. The molecule has 2 bridgehead atoms. The fourth-order valence-corrected chi connectivity index (χ4v) is 12.7. The van der Waals surface area contributed by atoms with Crippen molar-refractivity contribution in [1.29, 1.82) is 0 Å². The van der Waals surface area contributed by atoms with E-state index in [0.717, 1.165) is 63.4 Å². The third-order valence-electron chi connectivity index (χ3n) is 16.1. The summed E-state index contributed by atoms with van der Waals surface area (Å²) in [6, 6.07) is 0. The standard InChI is InChI=1S/C42H64O17/c1-19-36(59-38-35(50)33(48)31(46)26(58-38)18-54-37-34(49)32(47)30(45)25(16-43)57-37)24(52-4)15-29(55-19)56-22-6-9-40(2)21(14-22)5-11-42-12-7-23(20-13-28(44)53-17-20)41(3,39(42)51)10-8-27(40)42/h13,19,21-27,29-38,43,45-50H,5-12,14-18H2,1-4H3/t19-,21-,22+,23-,24+,25-,26+,27+,29+,30-,31+,32+,33-,34+,35+,36-,37-,38-,40+,41-,42-/m1/s1. The molecule has 8 rings (SSSR count). The molecule has 4 aliphatic carbocycles. The largest absolute Gasteiger partial charge is 0.458 e. The molecule has 8 aliphatic rings. The Morgan fingerprint density at radius 1 is 0.780 bits per heavy atom. The molecule has 21 atom stereocenters. The summed E-state index contributed by atoms with van der Waals surface area (Å²) in [6.07, 6.45) is -7.97. The molecule has 334 valence electrons. The maximum Gasteiger partial charge on any atom is 0.331 e. The van der Waals surface area contributed by atoms with Crippen molar-refractivity contribution >= 4 is 11.8 Å². The van der Waals surface area contributed by atoms with E-state index in [4.69, 9.17) is 37.9 Å². The van der Waals surface area contributed by atoms with Gasteiger partial charge in [-0.15, -0.1) is 0 Å². The van der Waals surface area contributed by atoms with Crippen molar-refractivity contribution in [2.24, 2.45) is 34.0 Å². The molecule has 3 saturated heterocycles. The van der Waals surface area contributed by atoms with Gasteiger partial charge in [-0.2, -0.15) is 0 Å². The summed E-state index contributed by atoms with van der Waals surface area (Å²) in [5.74, 6) is 0.866. The smallest absolute Gasteiger partial charge is 0.331 e. The Hall–Kier alpha value is -1.68. The highest BCUT2D eigenvalue weighted by atomic mass is 16.8. The Morgan fingerprint density at radius 2 is 1.47 bits per heavy atom. The number of methoxy groups -OCH3 is 1. The molecule has 7 fully saturated rings. The van der Waals surface area contributed by atoms with Gasteiger partial charge in [-0.25, -0.2) is 4.79 Å². The van der Waals surface area contributed by atoms with Crippen LogP contribution in [0.15, 0.2) is 11.6 Å². The zero-order valence-electron chi connectivity index (χ0n) is 34.4. The Balaban J connectivity index is 0.863. The number of cyclic esters (lactones) is 1. The van der Waals surface area contributed by atoms with Crippen LogP contribution in [0.2, 0.25) is 0 Å². The first kappa shape index (κ1) is 43.9. The van der Waals surface area contributed by atoms with Gasteiger partial charge in [0.2, 0.25) is 0 Å². The quantitative estimate of drug-likeness (QED) is 0.113. The lowest BCUT2D eigenvalue weighted by Crippen LogP contribution is -2.64. The van der Waals surface area contributed by atoms with Gasteiger partial charge in [-0.3, -0.25) is 4.79 Å². The average Bonchev–Trinajstić information content (AvgIpc) is 3.64. The van der Waals surface area contributed by atoms with E-state index in [1.165, 1.54) is 7.11 Å². The molecular weight excluding hydrogens is 776 g/mol. The molecule has 4 heterocycles. The van der Waals surface area contributed by atoms with Gasteiger partial charge >= 0.3 is 5.97 Å². The summed E-state index contributed by atoms with van der Waals surface area (Å²) in [4.78, 5) is 26.6. The zero-order valence-corrected chi connectivity index (χ0v) is 34.4. The van der Waals surface area contributed by atoms with Crippen molar-refractivity contribution < 1.29 is 83.2 Å². The van der Waals surface area contributed by atoms with Crippen LogP contribution in [0, 0.1) is 34.0 Å². The normalized spacial score (nSPS) is 52.6. The predicted octanol–water partition coefficient (Wildman–Crippen LogP) is -0.00400. The molecule has 0 radical (unpaired) electrons. The minimum atomic E-state index is -1.71. The summed E-state index contributed by atoms with van der Waals surface area (Å²) in [7, 11) is 1.54. The van der Waals surface area contributed by atoms with E-state index in [9.17, 15) is 45.3 Å². The van der Waals surface area contributed by atoms with Crippen molar-refractivity contribution in [2.45, 2.75) is 177 Å². The van der Waals surface area contributed by atoms with Crippen molar-refractivity contribution in [2.75, 3.05) is 26.9 Å². The van der Waals surface area contributed by atoms with Gasteiger partial charge in [0.25, 0.3) is 0 Å². The van der Waals surface area contributed by atoms with E-state index in [1.54, 1.807) is 13.0 Å². The number of ether oxygens (including phenoxy) is 8. The Bertz CT molecular complexity index is 1580. The first-order valence-corrected chi connectivity index (χ1v) is 21.6. The third-order valence-corrected chi connectivity index (χ3v) is 16.1. The van der Waals surface area contributed by atoms with E-state index in [2.05, 4.69) is 13.8 Å². The van der Waals surface area contributed by atoms with Gasteiger partial charge in [0.05, 0.1) is 31.5 Å². The molecule has 0 aromatic rings. The van der Waals surface area contributed by atoms with Crippen molar-refractivity contribution in [3.05, 3.63) is 11.6 Å². The molecule has 0 aromatic heterocycles. The molecule has 0 amide bonds. The number of fused-ring (bicyclic) bond motifs is 3. The second-order valence-corrected chi connectivity index (χ2v) is 19.1. The molecule has 17 heteroatoms. The number of carbonyl (C=O) groups excluding carboxylic acids is 2. The molecule has 59 heavy (non-hydrogen) atoms. The monoisotopic (exact) mass is 840 g/mol. The summed E-state index contributed by atoms with van der Waals surface area (Å²) >= 11 is 0. The lowest BCUT2D eigenvalue weighted by Gasteiger charge is -2.66. The van der Waals surface area contributed by atoms with Crippen LogP contribution in [0.1, 0.15) is 85.0 Å². The molecule has 4 saturated carbocycles. The number of hydrogen-bond acceptors (Lipinski definition) is 17. The van der Waals surface area contributed by atoms with Crippen molar-refractivity contribution in [1.82, 2.24) is 0 Å². The van der Waals surface area contributed by atoms with Crippen LogP contribution in [0.4, 0.5) is 0 Å². The van der Waals surface area contributed by atoms with Gasteiger partial charge in [0.1, 0.15) is 67.3 Å². The second-order valence-electron chi connectivity index (χ2n) is 19.1. The zero-order chi connectivity index (χ0) is 42.2. The van der Waals surface area contributed by atoms with Gasteiger partial charge in [0, 0.05) is 30.4 Å². The Kier molecular flexibility index (Phi) is 12.5. The van der Waals surface area contributed by atoms with E-state index < -0.39 is 105 Å². The summed E-state index contributed by atoms with van der Waals surface area (Å²) in [5, 5.41) is 72.4. The van der Waals surface area contributed by atoms with Crippen LogP contribution < -0.4 is 0 Å². The highest BCUT2D eigenvalue weighted by molar-refractivity contribution is 5.93. The number of aliphatic hydroxyl groups is 7. The van der Waals surface area contributed by atoms with E-state index in [1.807, 2.05) is 0 Å². The number of Topliss-reactive ketones (excluding diaryl/α,β-unsaturated/α-hetero) is 1. The predicted molar refractivity (Wildman–Crippen MR) is 201 cm³/mol. The Morgan fingerprint density at radius 3 is 2.17 bits per heavy atom. The molecule has 0 unspecified atom stereocenters. The minimum absolute atomic E-state index is 0.0130. The van der Waals surface area contributed by atoms with Crippen LogP contribution in [0.3, 0.4) is 0 Å². The van der Waals surface area contributed by atoms with E-state index in [-0.39, 0.29) is 28.8 Å². The van der Waals surface area contributed by atoms with Crippen LogP contribution in [0.25, 0.3) is 0 Å². The number of rotatable bonds is 10. The molecule has 1 spiro atoms. The number of ketones is 1. The third kappa shape index (κ3) is 7.55. The number of esters is 1. The second kappa shape index (κ2) is 16.8. The highest BCUT2D eigenvalue weighted by Crippen LogP contribution is 2.70. The lowest BCUT2D eigenvalue weighted by atomic mass is 9.37. The average molecular weight is 841 g/mol. The SMILES string of the molecule is CO[C@H]1C[C@H](O[C@H]2CC[C@@]3(C)[C@H](CC[C@@]45CC[C@H](C6=CC(=O)OC6)[C@@](C)(CC[C@H]43)C5=O)C2)O[C@H](C)[C@H]1O[C@H]1O[C@@H](CO[C@@H]2O[C@H](CO)[C@@H](O)[C@H](O)[C@@H]2O)[C@H](O)[C@@H](O)[C@@H]1O. The first-order valence-electron chi connectivity index (χ1n) is 21.6.